The Hall–Kier alpha value is -1.50. The van der Waals surface area contributed by atoms with Crippen molar-refractivity contribution in [2.24, 2.45) is 0 Å². The van der Waals surface area contributed by atoms with Crippen molar-refractivity contribution >= 4 is 34.1 Å². The number of thioether (sulfide) groups is 1. The van der Waals surface area contributed by atoms with Gasteiger partial charge in [0.05, 0.1) is 18.1 Å². The normalized spacial score (nSPS) is 11.1. The van der Waals surface area contributed by atoms with Gasteiger partial charge in [-0.15, -0.1) is 11.3 Å². The molecular weight excluding hydrogens is 302 g/mol. The molecule has 2 heterocycles. The van der Waals surface area contributed by atoms with Crippen LogP contribution in [0.2, 0.25) is 0 Å². The second-order valence-electron chi connectivity index (χ2n) is 4.53. The second kappa shape index (κ2) is 6.98. The first-order valence-electron chi connectivity index (χ1n) is 6.75. The number of hydrogen-bond acceptors (Lipinski definition) is 5. The Morgan fingerprint density at radius 3 is 3.14 bits per heavy atom. The molecule has 6 heteroatoms. The van der Waals surface area contributed by atoms with Gasteiger partial charge in [-0.25, -0.2) is 4.98 Å². The van der Waals surface area contributed by atoms with Crippen molar-refractivity contribution in [3.05, 3.63) is 40.6 Å². The molecule has 1 aromatic carbocycles. The molecule has 3 aromatic rings. The molecule has 0 bridgehead atoms. The zero-order valence-corrected chi connectivity index (χ0v) is 13.4. The van der Waals surface area contributed by atoms with Crippen LogP contribution in [0.25, 0.3) is 11.0 Å². The summed E-state index contributed by atoms with van der Waals surface area (Å²) in [6.45, 7) is 1.90. The zero-order valence-electron chi connectivity index (χ0n) is 11.8. The first-order chi connectivity index (χ1) is 10.3. The van der Waals surface area contributed by atoms with Gasteiger partial charge in [-0.2, -0.15) is 0 Å². The molecule has 0 saturated carbocycles. The Labute approximate surface area is 131 Å². The summed E-state index contributed by atoms with van der Waals surface area (Å²) in [5.41, 5.74) is 1.99. The van der Waals surface area contributed by atoms with Gasteiger partial charge in [0.15, 0.2) is 5.16 Å². The Bertz CT molecular complexity index is 694. The van der Waals surface area contributed by atoms with Crippen molar-refractivity contribution in [1.29, 1.82) is 0 Å². The fraction of sp³-hybridized carbons (Fsp3) is 0.267. The summed E-state index contributed by atoms with van der Waals surface area (Å²) >= 11 is 3.51. The van der Waals surface area contributed by atoms with Gasteiger partial charge in [0.2, 0.25) is 0 Å². The molecule has 110 valence electrons. The van der Waals surface area contributed by atoms with Crippen LogP contribution in [-0.4, -0.2) is 29.4 Å². The lowest BCUT2D eigenvalue weighted by Crippen LogP contribution is -2.15. The molecule has 21 heavy (non-hydrogen) atoms. The van der Waals surface area contributed by atoms with Crippen LogP contribution in [0, 0.1) is 0 Å². The van der Waals surface area contributed by atoms with Crippen LogP contribution in [0.4, 0.5) is 0 Å². The summed E-state index contributed by atoms with van der Waals surface area (Å²) in [4.78, 5) is 9.25. The van der Waals surface area contributed by atoms with Crippen molar-refractivity contribution in [3.63, 3.8) is 0 Å². The van der Waals surface area contributed by atoms with Gasteiger partial charge in [-0.05, 0) is 23.6 Å². The topological polar surface area (TPSA) is 49.9 Å². The number of nitrogens with zero attached hydrogens (tertiary/aromatic N) is 1. The van der Waals surface area contributed by atoms with Gasteiger partial charge in [0.25, 0.3) is 0 Å². The fourth-order valence-corrected chi connectivity index (χ4v) is 3.46. The van der Waals surface area contributed by atoms with Gasteiger partial charge in [-0.1, -0.05) is 17.8 Å². The third kappa shape index (κ3) is 3.78. The number of rotatable bonds is 7. The lowest BCUT2D eigenvalue weighted by molar-refractivity contribution is 0.415. The molecule has 0 unspecified atom stereocenters. The van der Waals surface area contributed by atoms with Gasteiger partial charge in [0.1, 0.15) is 5.75 Å². The number of aromatic nitrogens is 2. The molecule has 0 atom stereocenters. The molecule has 0 fully saturated rings. The number of thiophene rings is 1. The fourth-order valence-electron chi connectivity index (χ4n) is 2.01. The highest BCUT2D eigenvalue weighted by molar-refractivity contribution is 7.99. The summed E-state index contributed by atoms with van der Waals surface area (Å²) in [6.07, 6.45) is 0. The Kier molecular flexibility index (Phi) is 4.80. The number of imidazole rings is 1. The molecule has 3 rings (SSSR count). The van der Waals surface area contributed by atoms with E-state index in [0.29, 0.717) is 0 Å². The lowest BCUT2D eigenvalue weighted by Gasteiger charge is -2.01. The SMILES string of the molecule is COc1ccc2nc(SCCNCc3cccs3)[nH]c2c1. The molecule has 0 aliphatic heterocycles. The van der Waals surface area contributed by atoms with E-state index in [9.17, 15) is 0 Å². The minimum atomic E-state index is 0.848. The van der Waals surface area contributed by atoms with E-state index in [0.717, 1.165) is 40.8 Å². The maximum absolute atomic E-state index is 5.22. The van der Waals surface area contributed by atoms with Crippen LogP contribution in [0.5, 0.6) is 5.75 Å². The van der Waals surface area contributed by atoms with E-state index in [1.165, 1.54) is 4.88 Å². The molecule has 2 N–H and O–H groups in total. The van der Waals surface area contributed by atoms with E-state index in [4.69, 9.17) is 4.74 Å². The molecule has 0 amide bonds. The first-order valence-corrected chi connectivity index (χ1v) is 8.61. The predicted octanol–water partition coefficient (Wildman–Crippen LogP) is 3.51. The van der Waals surface area contributed by atoms with Crippen LogP contribution in [0.1, 0.15) is 4.88 Å². The van der Waals surface area contributed by atoms with Crippen molar-refractivity contribution in [2.75, 3.05) is 19.4 Å². The van der Waals surface area contributed by atoms with Crippen molar-refractivity contribution in [1.82, 2.24) is 15.3 Å². The average molecular weight is 319 g/mol. The Balaban J connectivity index is 1.48. The van der Waals surface area contributed by atoms with Crippen LogP contribution < -0.4 is 10.1 Å². The third-order valence-electron chi connectivity index (χ3n) is 3.06. The number of H-pyrrole nitrogens is 1. The molecule has 0 saturated heterocycles. The van der Waals surface area contributed by atoms with Gasteiger partial charge >= 0.3 is 0 Å². The summed E-state index contributed by atoms with van der Waals surface area (Å²) < 4.78 is 5.22. The number of benzene rings is 1. The van der Waals surface area contributed by atoms with Crippen molar-refractivity contribution in [2.45, 2.75) is 11.7 Å². The molecule has 0 aliphatic carbocycles. The van der Waals surface area contributed by atoms with Crippen molar-refractivity contribution in [3.8, 4) is 5.75 Å². The van der Waals surface area contributed by atoms with Crippen LogP contribution in [-0.2, 0) is 6.54 Å². The number of nitrogens with one attached hydrogen (secondary N) is 2. The second-order valence-corrected chi connectivity index (χ2v) is 6.65. The maximum Gasteiger partial charge on any atom is 0.166 e. The van der Waals surface area contributed by atoms with Gasteiger partial charge < -0.3 is 15.0 Å². The highest BCUT2D eigenvalue weighted by Crippen LogP contribution is 2.22. The zero-order chi connectivity index (χ0) is 14.5. The summed E-state index contributed by atoms with van der Waals surface area (Å²) in [5.74, 6) is 1.84. The number of hydrogen-bond donors (Lipinski definition) is 2. The number of ether oxygens (including phenoxy) is 1. The standard InChI is InChI=1S/C15H17N3OS2/c1-19-11-4-5-13-14(9-11)18-15(17-13)21-8-6-16-10-12-3-2-7-20-12/h2-5,7,9,16H,6,8,10H2,1H3,(H,17,18). The Morgan fingerprint density at radius 2 is 2.33 bits per heavy atom. The molecule has 2 aromatic heterocycles. The molecular formula is C15H17N3OS2. The van der Waals surface area contributed by atoms with Crippen LogP contribution >= 0.6 is 23.1 Å². The average Bonchev–Trinajstić information content (AvgIpc) is 3.14. The highest BCUT2D eigenvalue weighted by atomic mass is 32.2. The van der Waals surface area contributed by atoms with Crippen LogP contribution in [0.3, 0.4) is 0 Å². The third-order valence-corrected chi connectivity index (χ3v) is 4.82. The summed E-state index contributed by atoms with van der Waals surface area (Å²) in [5, 5.41) is 6.50. The number of methoxy groups -OCH3 is 1. The monoisotopic (exact) mass is 319 g/mol. The minimum absolute atomic E-state index is 0.848. The van der Waals surface area contributed by atoms with E-state index < -0.39 is 0 Å². The van der Waals surface area contributed by atoms with E-state index in [1.54, 1.807) is 30.2 Å². The van der Waals surface area contributed by atoms with Gasteiger partial charge in [0, 0.05) is 29.8 Å². The summed E-state index contributed by atoms with van der Waals surface area (Å²) in [6, 6.07) is 10.1. The minimum Gasteiger partial charge on any atom is -0.497 e. The van der Waals surface area contributed by atoms with E-state index in [1.807, 2.05) is 18.2 Å². The first kappa shape index (κ1) is 14.4. The molecule has 0 radical (unpaired) electrons. The Morgan fingerprint density at radius 1 is 1.38 bits per heavy atom. The van der Waals surface area contributed by atoms with E-state index in [-0.39, 0.29) is 0 Å². The van der Waals surface area contributed by atoms with Crippen molar-refractivity contribution < 1.29 is 4.74 Å². The largest absolute Gasteiger partial charge is 0.497 e. The summed E-state index contributed by atoms with van der Waals surface area (Å²) in [7, 11) is 1.67. The van der Waals surface area contributed by atoms with E-state index >= 15 is 0 Å². The number of fused-ring (bicyclic) bond motifs is 1. The smallest absolute Gasteiger partial charge is 0.166 e. The quantitative estimate of drug-likeness (QED) is 0.517. The maximum atomic E-state index is 5.22. The van der Waals surface area contributed by atoms with Crippen LogP contribution in [0.15, 0.2) is 40.9 Å². The molecule has 4 nitrogen and oxygen atoms in total. The lowest BCUT2D eigenvalue weighted by atomic mass is 10.3. The van der Waals surface area contributed by atoms with Gasteiger partial charge in [-0.3, -0.25) is 0 Å². The molecule has 0 aliphatic rings. The van der Waals surface area contributed by atoms with E-state index in [2.05, 4.69) is 32.8 Å². The molecule has 0 spiro atoms. The number of aromatic amines is 1. The highest BCUT2D eigenvalue weighted by Gasteiger charge is 2.04. The predicted molar refractivity (Wildman–Crippen MR) is 89.4 cm³/mol.